The third-order valence-corrected chi connectivity index (χ3v) is 1.39. The van der Waals surface area contributed by atoms with Crippen molar-refractivity contribution in [2.75, 3.05) is 0 Å². The summed E-state index contributed by atoms with van der Waals surface area (Å²) in [5.41, 5.74) is 5.05. The second-order valence-electron chi connectivity index (χ2n) is 2.56. The largest absolute Gasteiger partial charge is 0.363 e. The standard InChI is InChI=1S/C7H10N3O/c1-5(2)10-4-3-9-7(10)6(8)11/h4-5H,1-2H3,(H2,8,11). The van der Waals surface area contributed by atoms with Crippen molar-refractivity contribution in [1.82, 2.24) is 9.55 Å². The molecule has 0 aliphatic rings. The van der Waals surface area contributed by atoms with E-state index in [1.165, 1.54) is 0 Å². The molecule has 0 atom stereocenters. The number of hydrogen-bond donors (Lipinski definition) is 1. The van der Waals surface area contributed by atoms with Crippen LogP contribution in [0.3, 0.4) is 0 Å². The summed E-state index contributed by atoms with van der Waals surface area (Å²) in [6, 6.07) is 0.191. The van der Waals surface area contributed by atoms with Crippen LogP contribution in [0.5, 0.6) is 0 Å². The van der Waals surface area contributed by atoms with Crippen LogP contribution >= 0.6 is 0 Å². The number of aromatic nitrogens is 2. The molecule has 1 radical (unpaired) electrons. The molecular formula is C7H10N3O. The summed E-state index contributed by atoms with van der Waals surface area (Å²) >= 11 is 0. The van der Waals surface area contributed by atoms with Crippen LogP contribution in [0.4, 0.5) is 0 Å². The zero-order valence-electron chi connectivity index (χ0n) is 6.53. The Hall–Kier alpha value is -1.32. The maximum Gasteiger partial charge on any atom is 0.284 e. The number of imidazole rings is 1. The van der Waals surface area contributed by atoms with Crippen molar-refractivity contribution in [3.05, 3.63) is 18.2 Å². The predicted octanol–water partition coefficient (Wildman–Crippen LogP) is 0.363. The van der Waals surface area contributed by atoms with Crippen molar-refractivity contribution >= 4 is 5.91 Å². The first kappa shape index (κ1) is 7.78. The summed E-state index contributed by atoms with van der Waals surface area (Å²) in [5, 5.41) is 0. The third kappa shape index (κ3) is 1.39. The van der Waals surface area contributed by atoms with E-state index in [1.54, 1.807) is 10.8 Å². The molecule has 0 aliphatic heterocycles. The molecule has 1 rings (SSSR count). The first-order valence-electron chi connectivity index (χ1n) is 3.37. The summed E-state index contributed by atoms with van der Waals surface area (Å²) in [7, 11) is 0. The number of carbonyl (C=O) groups is 1. The lowest BCUT2D eigenvalue weighted by atomic mass is 10.4. The molecule has 1 aromatic heterocycles. The molecule has 0 aromatic carbocycles. The highest BCUT2D eigenvalue weighted by Gasteiger charge is 2.10. The van der Waals surface area contributed by atoms with Gasteiger partial charge < -0.3 is 10.3 Å². The minimum absolute atomic E-state index is 0.191. The van der Waals surface area contributed by atoms with Crippen LogP contribution in [-0.4, -0.2) is 15.5 Å². The van der Waals surface area contributed by atoms with Gasteiger partial charge in [-0.3, -0.25) is 4.79 Å². The lowest BCUT2D eigenvalue weighted by Crippen LogP contribution is -2.18. The van der Waals surface area contributed by atoms with Crippen LogP contribution in [-0.2, 0) is 0 Å². The Balaban J connectivity index is 3.06. The van der Waals surface area contributed by atoms with Gasteiger partial charge in [0, 0.05) is 12.2 Å². The minimum Gasteiger partial charge on any atom is -0.363 e. The van der Waals surface area contributed by atoms with E-state index >= 15 is 0 Å². The van der Waals surface area contributed by atoms with E-state index in [-0.39, 0.29) is 11.9 Å². The molecule has 0 aliphatic carbocycles. The summed E-state index contributed by atoms with van der Waals surface area (Å²) < 4.78 is 1.68. The fraction of sp³-hybridized carbons (Fsp3) is 0.429. The highest BCUT2D eigenvalue weighted by atomic mass is 16.1. The molecule has 0 saturated carbocycles. The highest BCUT2D eigenvalue weighted by molar-refractivity contribution is 5.89. The van der Waals surface area contributed by atoms with Crippen LogP contribution in [0, 0.1) is 6.20 Å². The number of rotatable bonds is 2. The minimum atomic E-state index is -0.514. The fourth-order valence-electron chi connectivity index (χ4n) is 0.847. The van der Waals surface area contributed by atoms with Gasteiger partial charge in [-0.2, -0.15) is 0 Å². The van der Waals surface area contributed by atoms with Gasteiger partial charge in [0.15, 0.2) is 5.82 Å². The van der Waals surface area contributed by atoms with Gasteiger partial charge in [0.2, 0.25) is 0 Å². The van der Waals surface area contributed by atoms with E-state index < -0.39 is 5.91 Å². The van der Waals surface area contributed by atoms with Crippen LogP contribution < -0.4 is 5.73 Å². The van der Waals surface area contributed by atoms with Crippen LogP contribution in [0.1, 0.15) is 30.5 Å². The van der Waals surface area contributed by atoms with Crippen molar-refractivity contribution in [2.24, 2.45) is 5.73 Å². The van der Waals surface area contributed by atoms with Gasteiger partial charge in [0.05, 0.1) is 0 Å². The van der Waals surface area contributed by atoms with E-state index in [0.717, 1.165) is 0 Å². The molecule has 4 heteroatoms. The molecule has 2 N–H and O–H groups in total. The Kier molecular flexibility index (Phi) is 1.94. The van der Waals surface area contributed by atoms with Crippen molar-refractivity contribution in [1.29, 1.82) is 0 Å². The summed E-state index contributed by atoms with van der Waals surface area (Å²) in [4.78, 5) is 14.4. The fourth-order valence-corrected chi connectivity index (χ4v) is 0.847. The Bertz CT molecular complexity index is 264. The van der Waals surface area contributed by atoms with Crippen molar-refractivity contribution in [3.8, 4) is 0 Å². The van der Waals surface area contributed by atoms with Gasteiger partial charge in [-0.05, 0) is 13.8 Å². The Morgan fingerprint density at radius 2 is 2.45 bits per heavy atom. The highest BCUT2D eigenvalue weighted by Crippen LogP contribution is 2.06. The van der Waals surface area contributed by atoms with E-state index in [9.17, 15) is 4.79 Å². The van der Waals surface area contributed by atoms with Crippen molar-refractivity contribution in [2.45, 2.75) is 19.9 Å². The molecular weight excluding hydrogens is 142 g/mol. The molecule has 0 spiro atoms. The zero-order valence-corrected chi connectivity index (χ0v) is 6.53. The molecule has 0 unspecified atom stereocenters. The second-order valence-corrected chi connectivity index (χ2v) is 2.56. The first-order chi connectivity index (χ1) is 5.13. The Morgan fingerprint density at radius 3 is 2.82 bits per heavy atom. The summed E-state index contributed by atoms with van der Waals surface area (Å²) in [6.07, 6.45) is 4.19. The maximum absolute atomic E-state index is 10.7. The number of amides is 1. The molecule has 11 heavy (non-hydrogen) atoms. The molecule has 0 fully saturated rings. The smallest absolute Gasteiger partial charge is 0.284 e. The molecule has 59 valence electrons. The quantitative estimate of drug-likeness (QED) is 0.665. The maximum atomic E-state index is 10.7. The summed E-state index contributed by atoms with van der Waals surface area (Å²) in [6.45, 7) is 3.89. The molecule has 1 heterocycles. The van der Waals surface area contributed by atoms with Gasteiger partial charge in [-0.25, -0.2) is 4.98 Å². The average Bonchev–Trinajstić information content (AvgIpc) is 2.32. The average molecular weight is 152 g/mol. The van der Waals surface area contributed by atoms with Gasteiger partial charge in [-0.15, -0.1) is 0 Å². The summed E-state index contributed by atoms with van der Waals surface area (Å²) in [5.74, 6) is -0.250. The van der Waals surface area contributed by atoms with Crippen LogP contribution in [0.15, 0.2) is 6.20 Å². The monoisotopic (exact) mass is 152 g/mol. The van der Waals surface area contributed by atoms with Crippen molar-refractivity contribution in [3.63, 3.8) is 0 Å². The number of primary amides is 1. The van der Waals surface area contributed by atoms with E-state index in [1.807, 2.05) is 13.8 Å². The lowest BCUT2D eigenvalue weighted by Gasteiger charge is -2.07. The number of carbonyl (C=O) groups excluding carboxylic acids is 1. The number of nitrogens with two attached hydrogens (primary N) is 1. The van der Waals surface area contributed by atoms with E-state index in [4.69, 9.17) is 5.73 Å². The molecule has 0 bridgehead atoms. The van der Waals surface area contributed by atoms with Crippen LogP contribution in [0.25, 0.3) is 0 Å². The molecule has 1 amide bonds. The van der Waals surface area contributed by atoms with Gasteiger partial charge in [-0.1, -0.05) is 0 Å². The number of hydrogen-bond acceptors (Lipinski definition) is 2. The third-order valence-electron chi connectivity index (χ3n) is 1.39. The lowest BCUT2D eigenvalue weighted by molar-refractivity contribution is 0.0985. The van der Waals surface area contributed by atoms with Gasteiger partial charge in [0.1, 0.15) is 6.20 Å². The second kappa shape index (κ2) is 2.74. The Labute approximate surface area is 65.0 Å². The first-order valence-corrected chi connectivity index (χ1v) is 3.37. The van der Waals surface area contributed by atoms with Gasteiger partial charge in [0.25, 0.3) is 5.91 Å². The molecule has 0 saturated heterocycles. The molecule has 4 nitrogen and oxygen atoms in total. The normalized spacial score (nSPS) is 10.5. The van der Waals surface area contributed by atoms with Gasteiger partial charge >= 0.3 is 0 Å². The van der Waals surface area contributed by atoms with Crippen molar-refractivity contribution < 1.29 is 4.79 Å². The molecule has 1 aromatic rings. The zero-order chi connectivity index (χ0) is 8.43. The predicted molar refractivity (Wildman–Crippen MR) is 40.0 cm³/mol. The number of nitrogens with zero attached hydrogens (tertiary/aromatic N) is 2. The van der Waals surface area contributed by atoms with E-state index in [0.29, 0.717) is 0 Å². The van der Waals surface area contributed by atoms with E-state index in [2.05, 4.69) is 11.2 Å². The Morgan fingerprint density at radius 1 is 1.82 bits per heavy atom. The SMILES string of the molecule is CC(C)n1c[c]nc1C(N)=O. The van der Waals surface area contributed by atoms with Crippen LogP contribution in [0.2, 0.25) is 0 Å². The topological polar surface area (TPSA) is 60.9 Å².